The number of carbonyl (C=O) groups is 1. The molecule has 3 rings (SSSR count). The van der Waals surface area contributed by atoms with Gasteiger partial charge in [-0.15, -0.1) is 0 Å². The third kappa shape index (κ3) is 4.39. The molecule has 2 aliphatic rings. The molecule has 0 bridgehead atoms. The van der Waals surface area contributed by atoms with Gasteiger partial charge in [0.05, 0.1) is 19.3 Å². The Morgan fingerprint density at radius 2 is 1.86 bits per heavy atom. The van der Waals surface area contributed by atoms with E-state index in [-0.39, 0.29) is 11.7 Å². The number of carbonyl (C=O) groups excluding carboxylic acids is 1. The van der Waals surface area contributed by atoms with Gasteiger partial charge < -0.3 is 24.0 Å². The van der Waals surface area contributed by atoms with Crippen molar-refractivity contribution in [3.05, 3.63) is 28.8 Å². The monoisotopic (exact) mass is 410 g/mol. The largest absolute Gasteiger partial charge is 0.496 e. The first-order valence-electron chi connectivity index (χ1n) is 10.1. The quantitative estimate of drug-likeness (QED) is 0.736. The zero-order chi connectivity index (χ0) is 20.1. The molecule has 0 radical (unpaired) electrons. The molecule has 1 aromatic carbocycles. The highest BCUT2D eigenvalue weighted by molar-refractivity contribution is 6.30. The van der Waals surface area contributed by atoms with Gasteiger partial charge in [-0.3, -0.25) is 0 Å². The van der Waals surface area contributed by atoms with Crippen LogP contribution in [-0.4, -0.2) is 68.9 Å². The number of piperidine rings is 2. The minimum atomic E-state index is -0.377. The Hall–Kier alpha value is -1.50. The smallest absolute Gasteiger partial charge is 0.409 e. The lowest BCUT2D eigenvalue weighted by molar-refractivity contribution is -0.0737. The van der Waals surface area contributed by atoms with E-state index in [0.717, 1.165) is 63.2 Å². The van der Waals surface area contributed by atoms with Crippen molar-refractivity contribution in [1.82, 2.24) is 9.80 Å². The van der Waals surface area contributed by atoms with E-state index in [9.17, 15) is 4.79 Å². The number of hydrogen-bond acceptors (Lipinski definition) is 5. The van der Waals surface area contributed by atoms with Crippen molar-refractivity contribution in [2.75, 3.05) is 47.0 Å². The molecule has 2 heterocycles. The van der Waals surface area contributed by atoms with Crippen molar-refractivity contribution >= 4 is 17.7 Å². The number of ether oxygens (including phenoxy) is 3. The van der Waals surface area contributed by atoms with Crippen LogP contribution in [0, 0.1) is 0 Å². The molecule has 7 heteroatoms. The van der Waals surface area contributed by atoms with Crippen LogP contribution in [0.2, 0.25) is 5.02 Å². The minimum Gasteiger partial charge on any atom is -0.496 e. The van der Waals surface area contributed by atoms with Crippen molar-refractivity contribution in [3.63, 3.8) is 0 Å². The van der Waals surface area contributed by atoms with Gasteiger partial charge in [0.25, 0.3) is 0 Å². The molecule has 28 heavy (non-hydrogen) atoms. The fraction of sp³-hybridized carbons (Fsp3) is 0.667. The molecule has 2 saturated heterocycles. The Morgan fingerprint density at radius 1 is 1.18 bits per heavy atom. The van der Waals surface area contributed by atoms with E-state index in [1.54, 1.807) is 14.2 Å². The molecule has 1 aromatic rings. The first-order chi connectivity index (χ1) is 13.5. The van der Waals surface area contributed by atoms with Crippen LogP contribution in [0.25, 0.3) is 0 Å². The van der Waals surface area contributed by atoms with Gasteiger partial charge in [0.2, 0.25) is 0 Å². The lowest BCUT2D eigenvalue weighted by atomic mass is 9.82. The van der Waals surface area contributed by atoms with Gasteiger partial charge in [-0.25, -0.2) is 4.79 Å². The number of halogens is 1. The van der Waals surface area contributed by atoms with Gasteiger partial charge in [-0.2, -0.15) is 0 Å². The van der Waals surface area contributed by atoms with Gasteiger partial charge >= 0.3 is 6.09 Å². The Morgan fingerprint density at radius 3 is 2.43 bits per heavy atom. The molecule has 0 spiro atoms. The molecule has 0 saturated carbocycles. The van der Waals surface area contributed by atoms with Crippen molar-refractivity contribution in [1.29, 1.82) is 0 Å². The van der Waals surface area contributed by atoms with E-state index in [2.05, 4.69) is 4.90 Å². The molecule has 0 unspecified atom stereocenters. The number of benzene rings is 1. The molecular formula is C21H31ClN2O4. The van der Waals surface area contributed by atoms with Crippen molar-refractivity contribution in [3.8, 4) is 5.75 Å². The predicted molar refractivity (Wildman–Crippen MR) is 109 cm³/mol. The molecule has 0 aromatic heterocycles. The van der Waals surface area contributed by atoms with Crippen LogP contribution >= 0.6 is 11.6 Å². The number of rotatable bonds is 5. The zero-order valence-electron chi connectivity index (χ0n) is 17.1. The maximum absolute atomic E-state index is 11.9. The highest BCUT2D eigenvalue weighted by atomic mass is 35.5. The first-order valence-corrected chi connectivity index (χ1v) is 10.5. The summed E-state index contributed by atoms with van der Waals surface area (Å²) in [5.74, 6) is 0.822. The van der Waals surface area contributed by atoms with Gasteiger partial charge in [0.1, 0.15) is 5.75 Å². The minimum absolute atomic E-state index is 0.189. The van der Waals surface area contributed by atoms with Crippen LogP contribution in [0.5, 0.6) is 5.75 Å². The SMILES string of the molecule is CCOC(=O)N1CCC(N2CCC(OC)(c3cc(Cl)ccc3OC)CC2)CC1. The summed E-state index contributed by atoms with van der Waals surface area (Å²) in [6.07, 6.45) is 3.56. The summed E-state index contributed by atoms with van der Waals surface area (Å²) in [4.78, 5) is 16.3. The first kappa shape index (κ1) is 21.2. The number of hydrogen-bond donors (Lipinski definition) is 0. The summed E-state index contributed by atoms with van der Waals surface area (Å²) in [6, 6.07) is 6.23. The van der Waals surface area contributed by atoms with Gasteiger partial charge in [0, 0.05) is 49.9 Å². The highest BCUT2D eigenvalue weighted by Crippen LogP contribution is 2.42. The number of methoxy groups -OCH3 is 2. The van der Waals surface area contributed by atoms with Crippen molar-refractivity contribution < 1.29 is 19.0 Å². The Labute approximate surface area is 172 Å². The van der Waals surface area contributed by atoms with Gasteiger partial charge in [0.15, 0.2) is 0 Å². The summed E-state index contributed by atoms with van der Waals surface area (Å²) >= 11 is 6.26. The van der Waals surface area contributed by atoms with E-state index < -0.39 is 0 Å². The summed E-state index contributed by atoms with van der Waals surface area (Å²) in [7, 11) is 3.45. The van der Waals surface area contributed by atoms with E-state index in [4.69, 9.17) is 25.8 Å². The average molecular weight is 411 g/mol. The average Bonchev–Trinajstić information content (AvgIpc) is 2.74. The Kier molecular flexibility index (Phi) is 7.07. The fourth-order valence-corrected chi connectivity index (χ4v) is 4.67. The Balaban J connectivity index is 1.62. The van der Waals surface area contributed by atoms with E-state index >= 15 is 0 Å². The van der Waals surface area contributed by atoms with Crippen LogP contribution < -0.4 is 4.74 Å². The maximum Gasteiger partial charge on any atom is 0.409 e. The second kappa shape index (κ2) is 9.33. The standard InChI is InChI=1S/C21H31ClN2O4/c1-4-28-20(25)24-11-7-17(8-12-24)23-13-9-21(27-3,10-14-23)18-15-16(22)5-6-19(18)26-2/h5-6,15,17H,4,7-14H2,1-3H3. The van der Waals surface area contributed by atoms with Crippen molar-refractivity contribution in [2.24, 2.45) is 0 Å². The summed E-state index contributed by atoms with van der Waals surface area (Å²) in [6.45, 7) is 5.70. The van der Waals surface area contributed by atoms with E-state index in [1.807, 2.05) is 30.0 Å². The van der Waals surface area contributed by atoms with Crippen LogP contribution in [-0.2, 0) is 15.1 Å². The summed E-state index contributed by atoms with van der Waals surface area (Å²) < 4.78 is 16.7. The fourth-order valence-electron chi connectivity index (χ4n) is 4.50. The molecule has 2 aliphatic heterocycles. The Bertz CT molecular complexity index is 668. The van der Waals surface area contributed by atoms with E-state index in [1.165, 1.54) is 0 Å². The maximum atomic E-state index is 11.9. The molecule has 6 nitrogen and oxygen atoms in total. The van der Waals surface area contributed by atoms with E-state index in [0.29, 0.717) is 17.7 Å². The second-order valence-electron chi connectivity index (χ2n) is 7.50. The second-order valence-corrected chi connectivity index (χ2v) is 7.93. The summed E-state index contributed by atoms with van der Waals surface area (Å²) in [5, 5.41) is 0.695. The topological polar surface area (TPSA) is 51.2 Å². The molecule has 0 atom stereocenters. The zero-order valence-corrected chi connectivity index (χ0v) is 17.8. The predicted octanol–water partition coefficient (Wildman–Crippen LogP) is 3.91. The third-order valence-corrected chi connectivity index (χ3v) is 6.39. The van der Waals surface area contributed by atoms with Crippen LogP contribution in [0.3, 0.4) is 0 Å². The number of nitrogens with zero attached hydrogens (tertiary/aromatic N) is 2. The molecule has 0 aliphatic carbocycles. The molecule has 0 N–H and O–H groups in total. The number of amides is 1. The lowest BCUT2D eigenvalue weighted by Crippen LogP contribution is -2.52. The number of likely N-dealkylation sites (tertiary alicyclic amines) is 2. The molecule has 156 valence electrons. The normalized spacial score (nSPS) is 20.8. The molecule has 1 amide bonds. The van der Waals surface area contributed by atoms with Crippen LogP contribution in [0.15, 0.2) is 18.2 Å². The highest BCUT2D eigenvalue weighted by Gasteiger charge is 2.40. The van der Waals surface area contributed by atoms with Crippen LogP contribution in [0.1, 0.15) is 38.2 Å². The van der Waals surface area contributed by atoms with Crippen molar-refractivity contribution in [2.45, 2.75) is 44.2 Å². The third-order valence-electron chi connectivity index (χ3n) is 6.16. The van der Waals surface area contributed by atoms with Gasteiger partial charge in [-0.05, 0) is 50.8 Å². The molecule has 2 fully saturated rings. The van der Waals surface area contributed by atoms with Gasteiger partial charge in [-0.1, -0.05) is 11.6 Å². The lowest BCUT2D eigenvalue weighted by Gasteiger charge is -2.46. The van der Waals surface area contributed by atoms with Crippen LogP contribution in [0.4, 0.5) is 4.79 Å². The molecular weight excluding hydrogens is 380 g/mol. The summed E-state index contributed by atoms with van der Waals surface area (Å²) in [5.41, 5.74) is 0.653.